The molecule has 0 aliphatic heterocycles. The SMILES string of the molecule is C.Cc1ccccn1.Cc1nc(-c2ccc(C(F)(F)F)cc2)sc1C(O)Cc1ccccn1.Cc1nc(-c2ccc(C(F)(F)F)cc2)sc1C=O.[Br-].[CH2-]C.[Mg+2]. The van der Waals surface area contributed by atoms with Gasteiger partial charge in [-0.15, -0.1) is 22.7 Å². The molecule has 0 saturated carbocycles. The maximum Gasteiger partial charge on any atom is 2.00 e. The first-order valence-corrected chi connectivity index (χ1v) is 17.2. The van der Waals surface area contributed by atoms with Crippen molar-refractivity contribution < 1.29 is 53.2 Å². The van der Waals surface area contributed by atoms with Crippen LogP contribution >= 0.6 is 22.7 Å². The van der Waals surface area contributed by atoms with Crippen LogP contribution in [0.25, 0.3) is 21.1 Å². The summed E-state index contributed by atoms with van der Waals surface area (Å²) in [6, 6.07) is 20.9. The second-order valence-corrected chi connectivity index (χ2v) is 12.8. The number of alkyl halides is 6. The van der Waals surface area contributed by atoms with Gasteiger partial charge in [-0.1, -0.05) is 43.8 Å². The number of rotatable bonds is 6. The predicted molar refractivity (Wildman–Crippen MR) is 205 cm³/mol. The Bertz CT molecular complexity index is 1980. The summed E-state index contributed by atoms with van der Waals surface area (Å²) in [5, 5.41) is 11.6. The molecule has 4 aromatic heterocycles. The van der Waals surface area contributed by atoms with Crippen LogP contribution in [0.15, 0.2) is 97.3 Å². The number of aliphatic hydroxyl groups is 1. The molecule has 0 aliphatic carbocycles. The van der Waals surface area contributed by atoms with Crippen LogP contribution in [-0.4, -0.2) is 54.4 Å². The number of nitrogens with zero attached hydrogens (tertiary/aromatic N) is 4. The number of aromatic nitrogens is 4. The third kappa shape index (κ3) is 15.8. The van der Waals surface area contributed by atoms with Crippen molar-refractivity contribution in [3.63, 3.8) is 0 Å². The minimum atomic E-state index is -4.36. The summed E-state index contributed by atoms with van der Waals surface area (Å²) in [5.41, 5.74) is 2.87. The van der Waals surface area contributed by atoms with Crippen molar-refractivity contribution in [3.8, 4) is 21.1 Å². The zero-order chi connectivity index (χ0) is 38.5. The maximum atomic E-state index is 12.7. The molecule has 4 heterocycles. The fraction of sp³-hybridized carbons (Fsp3) is 0.231. The van der Waals surface area contributed by atoms with Gasteiger partial charge in [0.25, 0.3) is 0 Å². The van der Waals surface area contributed by atoms with Crippen molar-refractivity contribution in [3.05, 3.63) is 148 Å². The summed E-state index contributed by atoms with van der Waals surface area (Å²) in [7, 11) is 0. The minimum Gasteiger partial charge on any atom is -1.00 e. The minimum absolute atomic E-state index is 0. The van der Waals surface area contributed by atoms with Gasteiger partial charge in [0.15, 0.2) is 6.29 Å². The topological polar surface area (TPSA) is 88.9 Å². The van der Waals surface area contributed by atoms with E-state index in [4.69, 9.17) is 0 Å². The average molecular weight is 878 g/mol. The number of aryl methyl sites for hydroxylation is 3. The molecule has 55 heavy (non-hydrogen) atoms. The van der Waals surface area contributed by atoms with Crippen LogP contribution in [0, 0.1) is 27.7 Å². The Morgan fingerprint density at radius 3 is 1.53 bits per heavy atom. The van der Waals surface area contributed by atoms with E-state index >= 15 is 0 Å². The smallest absolute Gasteiger partial charge is 1.00 e. The van der Waals surface area contributed by atoms with Gasteiger partial charge in [-0.25, -0.2) is 9.97 Å². The zero-order valence-electron chi connectivity index (χ0n) is 29.6. The number of benzene rings is 2. The van der Waals surface area contributed by atoms with Crippen LogP contribution in [0.1, 0.15) is 68.9 Å². The molecule has 16 heteroatoms. The zero-order valence-corrected chi connectivity index (χ0v) is 34.3. The van der Waals surface area contributed by atoms with E-state index in [9.17, 15) is 36.2 Å². The summed E-state index contributed by atoms with van der Waals surface area (Å²) in [6.07, 6.45) is -4.95. The molecule has 1 N–H and O–H groups in total. The normalized spacial score (nSPS) is 10.9. The Morgan fingerprint density at radius 1 is 0.709 bits per heavy atom. The Balaban J connectivity index is 0.000000852. The molecule has 2 aromatic carbocycles. The molecule has 290 valence electrons. The molecule has 6 rings (SSSR count). The molecule has 0 saturated heterocycles. The number of carbonyl (C=O) groups excluding carboxylic acids is 1. The van der Waals surface area contributed by atoms with E-state index in [1.165, 1.54) is 46.9 Å². The van der Waals surface area contributed by atoms with Gasteiger partial charge in [-0.05, 0) is 69.3 Å². The molecule has 1 unspecified atom stereocenters. The number of aliphatic hydroxyl groups excluding tert-OH is 1. The van der Waals surface area contributed by atoms with Gasteiger partial charge in [-0.3, -0.25) is 14.8 Å². The van der Waals surface area contributed by atoms with Gasteiger partial charge in [0, 0.05) is 41.3 Å². The number of halogens is 7. The number of hydrogen-bond acceptors (Lipinski definition) is 8. The van der Waals surface area contributed by atoms with Gasteiger partial charge in [-0.2, -0.15) is 33.3 Å². The third-order valence-corrected chi connectivity index (χ3v) is 9.37. The van der Waals surface area contributed by atoms with Crippen molar-refractivity contribution in [1.82, 2.24) is 19.9 Å². The molecule has 0 aliphatic rings. The third-order valence-electron chi connectivity index (χ3n) is 6.93. The van der Waals surface area contributed by atoms with Crippen LogP contribution in [0.4, 0.5) is 26.3 Å². The van der Waals surface area contributed by atoms with Crippen molar-refractivity contribution in [1.29, 1.82) is 0 Å². The number of thiazole rings is 2. The Kier molecular flexibility index (Phi) is 22.6. The van der Waals surface area contributed by atoms with E-state index in [1.54, 1.807) is 39.2 Å². The Morgan fingerprint density at radius 2 is 1.16 bits per heavy atom. The van der Waals surface area contributed by atoms with E-state index in [0.29, 0.717) is 55.0 Å². The fourth-order valence-corrected chi connectivity index (χ4v) is 6.29. The largest absolute Gasteiger partial charge is 2.00 e. The molecule has 6 nitrogen and oxygen atoms in total. The molecular weight excluding hydrogens is 839 g/mol. The van der Waals surface area contributed by atoms with Crippen LogP contribution in [0.5, 0.6) is 0 Å². The maximum absolute atomic E-state index is 12.7. The monoisotopic (exact) mass is 876 g/mol. The summed E-state index contributed by atoms with van der Waals surface area (Å²) in [4.78, 5) is 28.6. The first kappa shape index (κ1) is 51.5. The standard InChI is InChI=1S/C18H15F3N2OS.C12H8F3NOS.C6H7N.C2H5.CH4.BrH.Mg/c1-11-16(15(24)10-14-4-2-3-9-22-14)25-17(23-11)12-5-7-13(8-6-12)18(19,20)21;1-7-10(6-17)18-11(16-7)8-2-4-9(5-3-8)12(13,14)15;1-6-4-2-3-5-7-6;1-2;;;/h2-9,15,24H,10H2,1H3;2-6H,1H3;2-5H,1H3;1H2,2H3;1H4;1H;/q;;;-1;;;+2/p-1. The number of hydrogen-bond donors (Lipinski definition) is 1. The Labute approximate surface area is 352 Å². The molecule has 0 radical (unpaired) electrons. The van der Waals surface area contributed by atoms with Crippen molar-refractivity contribution in [2.24, 2.45) is 0 Å². The summed E-state index contributed by atoms with van der Waals surface area (Å²) in [6.45, 7) is 10.4. The molecule has 6 aromatic rings. The number of aldehydes is 1. The number of carbonyl (C=O) groups is 1. The van der Waals surface area contributed by atoms with Gasteiger partial charge >= 0.3 is 35.4 Å². The first-order valence-electron chi connectivity index (χ1n) is 15.6. The van der Waals surface area contributed by atoms with Crippen LogP contribution < -0.4 is 17.0 Å². The molecule has 0 bridgehead atoms. The van der Waals surface area contributed by atoms with E-state index in [1.807, 2.05) is 37.3 Å². The molecule has 1 atom stereocenters. The summed E-state index contributed by atoms with van der Waals surface area (Å²) >= 11 is 2.45. The van der Waals surface area contributed by atoms with Crippen molar-refractivity contribution in [2.45, 2.75) is 60.0 Å². The molecule has 0 amide bonds. The van der Waals surface area contributed by atoms with Crippen LogP contribution in [0.2, 0.25) is 0 Å². The van der Waals surface area contributed by atoms with Gasteiger partial charge in [0.2, 0.25) is 0 Å². The van der Waals surface area contributed by atoms with Crippen molar-refractivity contribution in [2.75, 3.05) is 0 Å². The second-order valence-electron chi connectivity index (χ2n) is 10.7. The van der Waals surface area contributed by atoms with Gasteiger partial charge in [0.1, 0.15) is 10.0 Å². The Hall–Kier alpha value is -3.54. The van der Waals surface area contributed by atoms with Crippen LogP contribution in [0.3, 0.4) is 0 Å². The van der Waals surface area contributed by atoms with E-state index in [2.05, 4.69) is 26.9 Å². The van der Waals surface area contributed by atoms with E-state index < -0.39 is 29.6 Å². The first-order chi connectivity index (χ1) is 24.7. The summed E-state index contributed by atoms with van der Waals surface area (Å²) < 4.78 is 75.1. The molecule has 0 spiro atoms. The molecular formula is C39H39BrF6MgN4O2S2. The van der Waals surface area contributed by atoms with E-state index in [0.717, 1.165) is 35.7 Å². The number of pyridine rings is 2. The van der Waals surface area contributed by atoms with Crippen LogP contribution in [-0.2, 0) is 18.8 Å². The second kappa shape index (κ2) is 24.2. The van der Waals surface area contributed by atoms with Gasteiger partial charge < -0.3 is 29.0 Å². The predicted octanol–water partition coefficient (Wildman–Crippen LogP) is 8.25. The average Bonchev–Trinajstić information content (AvgIpc) is 3.72. The van der Waals surface area contributed by atoms with E-state index in [-0.39, 0.29) is 47.5 Å². The molecule has 0 fully saturated rings. The quantitative estimate of drug-likeness (QED) is 0.0786. The van der Waals surface area contributed by atoms with Gasteiger partial charge in [0.05, 0.1) is 38.4 Å². The fourth-order valence-electron chi connectivity index (χ4n) is 4.34. The van der Waals surface area contributed by atoms with Crippen molar-refractivity contribution >= 4 is 52.0 Å². The summed E-state index contributed by atoms with van der Waals surface area (Å²) in [5.74, 6) is 0.